The molecular formula is C15H18S. The molecule has 0 amide bonds. The van der Waals surface area contributed by atoms with Crippen molar-refractivity contribution in [3.63, 3.8) is 0 Å². The van der Waals surface area contributed by atoms with Crippen molar-refractivity contribution in [2.45, 2.75) is 26.0 Å². The maximum absolute atomic E-state index is 4.72. The highest BCUT2D eigenvalue weighted by Crippen LogP contribution is 2.33. The zero-order valence-electron chi connectivity index (χ0n) is 10.1. The smallest absolute Gasteiger partial charge is 0.0296 e. The van der Waals surface area contributed by atoms with E-state index in [4.69, 9.17) is 12.6 Å². The van der Waals surface area contributed by atoms with Gasteiger partial charge in [-0.25, -0.2) is 0 Å². The van der Waals surface area contributed by atoms with Gasteiger partial charge in [0.05, 0.1) is 0 Å². The molecule has 0 spiro atoms. The topological polar surface area (TPSA) is 0 Å². The van der Waals surface area contributed by atoms with Gasteiger partial charge in [0.2, 0.25) is 0 Å². The fourth-order valence-electron chi connectivity index (χ4n) is 2.03. The minimum absolute atomic E-state index is 0.311. The molecule has 0 radical (unpaired) electrons. The van der Waals surface area contributed by atoms with E-state index in [-0.39, 0.29) is 0 Å². The highest BCUT2D eigenvalue weighted by Gasteiger charge is 2.13. The normalized spacial score (nSPS) is 13.3. The highest BCUT2D eigenvalue weighted by atomic mass is 32.1. The van der Waals surface area contributed by atoms with E-state index in [1.54, 1.807) is 0 Å². The standard InChI is InChI=1S/C15H18S/c1-10(2)15(16)13-6-4-5-12-8-7-11(3)9-14(12)13/h4-10,15-16H,1-3H3. The Hall–Kier alpha value is -0.950. The number of thiol groups is 1. The van der Waals surface area contributed by atoms with Gasteiger partial charge in [-0.2, -0.15) is 12.6 Å². The van der Waals surface area contributed by atoms with E-state index in [1.807, 2.05) is 0 Å². The quantitative estimate of drug-likeness (QED) is 0.705. The van der Waals surface area contributed by atoms with Crippen LogP contribution in [0.2, 0.25) is 0 Å². The van der Waals surface area contributed by atoms with Crippen LogP contribution in [0.15, 0.2) is 36.4 Å². The van der Waals surface area contributed by atoms with Crippen molar-refractivity contribution in [1.82, 2.24) is 0 Å². The molecule has 0 aliphatic carbocycles. The second-order valence-corrected chi connectivity index (χ2v) is 5.32. The Kier molecular flexibility index (Phi) is 3.25. The molecule has 0 aromatic heterocycles. The average Bonchev–Trinajstić information content (AvgIpc) is 2.27. The van der Waals surface area contributed by atoms with Crippen molar-refractivity contribution >= 4 is 23.4 Å². The first kappa shape index (κ1) is 11.5. The molecule has 1 atom stereocenters. The summed E-state index contributed by atoms with van der Waals surface area (Å²) in [6.45, 7) is 6.57. The second-order valence-electron chi connectivity index (χ2n) is 4.76. The molecule has 0 aliphatic rings. The Morgan fingerprint density at radius 3 is 2.50 bits per heavy atom. The second kappa shape index (κ2) is 4.50. The Morgan fingerprint density at radius 1 is 1.06 bits per heavy atom. The van der Waals surface area contributed by atoms with E-state index in [0.29, 0.717) is 11.2 Å². The first-order chi connectivity index (χ1) is 7.59. The van der Waals surface area contributed by atoms with Crippen LogP contribution in [0.5, 0.6) is 0 Å². The maximum atomic E-state index is 4.72. The Morgan fingerprint density at radius 2 is 1.81 bits per heavy atom. The molecule has 2 aromatic carbocycles. The summed E-state index contributed by atoms with van der Waals surface area (Å²) in [7, 11) is 0. The molecule has 2 aromatic rings. The Labute approximate surface area is 103 Å². The molecule has 16 heavy (non-hydrogen) atoms. The van der Waals surface area contributed by atoms with Crippen LogP contribution < -0.4 is 0 Å². The average molecular weight is 230 g/mol. The van der Waals surface area contributed by atoms with Gasteiger partial charge in [-0.3, -0.25) is 0 Å². The van der Waals surface area contributed by atoms with E-state index in [0.717, 1.165) is 0 Å². The van der Waals surface area contributed by atoms with Gasteiger partial charge in [0.25, 0.3) is 0 Å². The lowest BCUT2D eigenvalue weighted by atomic mass is 9.95. The van der Waals surface area contributed by atoms with Gasteiger partial charge in [-0.15, -0.1) is 0 Å². The number of hydrogen-bond donors (Lipinski definition) is 1. The lowest BCUT2D eigenvalue weighted by Crippen LogP contribution is -2.00. The van der Waals surface area contributed by atoms with Gasteiger partial charge in [0.15, 0.2) is 0 Å². The monoisotopic (exact) mass is 230 g/mol. The molecule has 0 N–H and O–H groups in total. The number of benzene rings is 2. The van der Waals surface area contributed by atoms with Crippen LogP contribution in [-0.4, -0.2) is 0 Å². The van der Waals surface area contributed by atoms with E-state index < -0.39 is 0 Å². The fraction of sp³-hybridized carbons (Fsp3) is 0.333. The first-order valence-electron chi connectivity index (χ1n) is 5.77. The fourth-order valence-corrected chi connectivity index (χ4v) is 2.25. The minimum Gasteiger partial charge on any atom is -0.171 e. The number of fused-ring (bicyclic) bond motifs is 1. The van der Waals surface area contributed by atoms with Gasteiger partial charge in [0, 0.05) is 5.25 Å². The van der Waals surface area contributed by atoms with Crippen LogP contribution in [0, 0.1) is 12.8 Å². The zero-order chi connectivity index (χ0) is 11.7. The molecule has 0 saturated heterocycles. The summed E-state index contributed by atoms with van der Waals surface area (Å²) in [5, 5.41) is 2.96. The van der Waals surface area contributed by atoms with Crippen molar-refractivity contribution in [2.75, 3.05) is 0 Å². The summed E-state index contributed by atoms with van der Waals surface area (Å²) >= 11 is 4.72. The van der Waals surface area contributed by atoms with Crippen molar-refractivity contribution in [3.8, 4) is 0 Å². The summed E-state index contributed by atoms with van der Waals surface area (Å²) in [6, 6.07) is 13.1. The third-order valence-corrected chi connectivity index (χ3v) is 3.90. The van der Waals surface area contributed by atoms with Crippen LogP contribution >= 0.6 is 12.6 Å². The maximum Gasteiger partial charge on any atom is 0.0296 e. The van der Waals surface area contributed by atoms with Gasteiger partial charge < -0.3 is 0 Å². The Bertz CT molecular complexity index is 500. The summed E-state index contributed by atoms with van der Waals surface area (Å²) in [4.78, 5) is 0. The predicted molar refractivity (Wildman–Crippen MR) is 75.3 cm³/mol. The van der Waals surface area contributed by atoms with Crippen LogP contribution in [0.25, 0.3) is 10.8 Å². The molecule has 0 heterocycles. The van der Waals surface area contributed by atoms with Crippen molar-refractivity contribution in [1.29, 1.82) is 0 Å². The van der Waals surface area contributed by atoms with Gasteiger partial charge in [-0.1, -0.05) is 55.8 Å². The summed E-state index contributed by atoms with van der Waals surface area (Å²) in [6.07, 6.45) is 0. The van der Waals surface area contributed by atoms with Gasteiger partial charge >= 0.3 is 0 Å². The third kappa shape index (κ3) is 2.10. The van der Waals surface area contributed by atoms with Crippen LogP contribution in [-0.2, 0) is 0 Å². The van der Waals surface area contributed by atoms with Crippen molar-refractivity contribution in [3.05, 3.63) is 47.5 Å². The van der Waals surface area contributed by atoms with Crippen LogP contribution in [0.4, 0.5) is 0 Å². The molecular weight excluding hydrogens is 212 g/mol. The third-order valence-electron chi connectivity index (χ3n) is 3.02. The highest BCUT2D eigenvalue weighted by molar-refractivity contribution is 7.80. The van der Waals surface area contributed by atoms with E-state index in [1.165, 1.54) is 21.9 Å². The molecule has 84 valence electrons. The predicted octanol–water partition coefficient (Wildman–Crippen LogP) is 4.78. The Balaban J connectivity index is 2.65. The first-order valence-corrected chi connectivity index (χ1v) is 6.28. The molecule has 1 heteroatoms. The summed E-state index contributed by atoms with van der Waals surface area (Å²) < 4.78 is 0. The van der Waals surface area contributed by atoms with Gasteiger partial charge in [0.1, 0.15) is 0 Å². The number of hydrogen-bond acceptors (Lipinski definition) is 1. The minimum atomic E-state index is 0.311. The lowest BCUT2D eigenvalue weighted by Gasteiger charge is -2.17. The molecule has 0 bridgehead atoms. The van der Waals surface area contributed by atoms with Crippen LogP contribution in [0.1, 0.15) is 30.2 Å². The number of aryl methyl sites for hydroxylation is 1. The van der Waals surface area contributed by atoms with Crippen molar-refractivity contribution < 1.29 is 0 Å². The van der Waals surface area contributed by atoms with Crippen molar-refractivity contribution in [2.24, 2.45) is 5.92 Å². The number of rotatable bonds is 2. The largest absolute Gasteiger partial charge is 0.171 e. The van der Waals surface area contributed by atoms with Gasteiger partial charge in [-0.05, 0) is 29.2 Å². The molecule has 0 saturated carbocycles. The van der Waals surface area contributed by atoms with E-state index >= 15 is 0 Å². The summed E-state index contributed by atoms with van der Waals surface area (Å²) in [5.74, 6) is 0.550. The zero-order valence-corrected chi connectivity index (χ0v) is 11.0. The molecule has 0 fully saturated rings. The van der Waals surface area contributed by atoms with Crippen LogP contribution in [0.3, 0.4) is 0 Å². The lowest BCUT2D eigenvalue weighted by molar-refractivity contribution is 0.638. The van der Waals surface area contributed by atoms with E-state index in [2.05, 4.69) is 57.2 Å². The SMILES string of the molecule is Cc1ccc2cccc(C(S)C(C)C)c2c1. The molecule has 1 unspecified atom stereocenters. The molecule has 0 nitrogen and oxygen atoms in total. The molecule has 0 aliphatic heterocycles. The summed E-state index contributed by atoms with van der Waals surface area (Å²) in [5.41, 5.74) is 2.66. The van der Waals surface area contributed by atoms with E-state index in [9.17, 15) is 0 Å². The molecule has 2 rings (SSSR count).